The molecule has 3 aliphatic rings. The van der Waals surface area contributed by atoms with Crippen LogP contribution in [-0.4, -0.2) is 65.9 Å². The molecule has 3 amide bonds. The normalized spacial score (nSPS) is 27.9. The average Bonchev–Trinajstić information content (AvgIpc) is 3.04. The van der Waals surface area contributed by atoms with Crippen LogP contribution in [0.2, 0.25) is 0 Å². The number of benzene rings is 1. The van der Waals surface area contributed by atoms with Crippen LogP contribution in [-0.2, 0) is 27.4 Å². The zero-order chi connectivity index (χ0) is 20.5. The lowest BCUT2D eigenvalue weighted by Crippen LogP contribution is -2.52. The molecule has 1 unspecified atom stereocenters. The van der Waals surface area contributed by atoms with Crippen molar-refractivity contribution in [2.75, 3.05) is 20.2 Å². The van der Waals surface area contributed by atoms with Crippen molar-refractivity contribution in [3.05, 3.63) is 34.9 Å². The van der Waals surface area contributed by atoms with E-state index < -0.39 is 6.04 Å². The van der Waals surface area contributed by atoms with E-state index in [1.807, 2.05) is 12.1 Å². The fourth-order valence-corrected chi connectivity index (χ4v) is 4.67. The quantitative estimate of drug-likeness (QED) is 0.693. The summed E-state index contributed by atoms with van der Waals surface area (Å²) in [4.78, 5) is 40.5. The van der Waals surface area contributed by atoms with Crippen molar-refractivity contribution in [1.29, 1.82) is 0 Å². The third-order valence-electron chi connectivity index (χ3n) is 6.37. The van der Waals surface area contributed by atoms with Gasteiger partial charge in [-0.15, -0.1) is 0 Å². The van der Waals surface area contributed by atoms with Gasteiger partial charge in [-0.1, -0.05) is 12.1 Å². The highest BCUT2D eigenvalue weighted by Crippen LogP contribution is 2.29. The van der Waals surface area contributed by atoms with Gasteiger partial charge >= 0.3 is 0 Å². The van der Waals surface area contributed by atoms with Gasteiger partial charge in [-0.3, -0.25) is 24.6 Å². The van der Waals surface area contributed by atoms with Gasteiger partial charge < -0.3 is 15.4 Å². The molecule has 2 fully saturated rings. The van der Waals surface area contributed by atoms with Gasteiger partial charge in [0.25, 0.3) is 5.91 Å². The van der Waals surface area contributed by atoms with E-state index in [4.69, 9.17) is 10.5 Å². The number of piperidine rings is 2. The molecular weight excluding hydrogens is 372 g/mol. The van der Waals surface area contributed by atoms with Crippen molar-refractivity contribution in [2.45, 2.75) is 57.0 Å². The van der Waals surface area contributed by atoms with Crippen LogP contribution >= 0.6 is 0 Å². The SMILES string of the molecule is CO[C@@H]1CCN(Cc2ccc3c(c2)C(=O)N(C2CCC(=O)NC2=O)C3)[C@H](CN)C1. The zero-order valence-electron chi connectivity index (χ0n) is 16.7. The number of carbonyl (C=O) groups excluding carboxylic acids is 3. The number of rotatable bonds is 5. The van der Waals surface area contributed by atoms with Crippen molar-refractivity contribution < 1.29 is 19.1 Å². The summed E-state index contributed by atoms with van der Waals surface area (Å²) in [6, 6.07) is 5.66. The molecule has 3 N–H and O–H groups in total. The summed E-state index contributed by atoms with van der Waals surface area (Å²) in [6.07, 6.45) is 2.78. The van der Waals surface area contributed by atoms with Crippen LogP contribution in [0.3, 0.4) is 0 Å². The molecule has 0 bridgehead atoms. The summed E-state index contributed by atoms with van der Waals surface area (Å²) in [7, 11) is 1.74. The number of nitrogens with two attached hydrogens (primary N) is 1. The number of imide groups is 1. The lowest BCUT2D eigenvalue weighted by Gasteiger charge is -2.38. The summed E-state index contributed by atoms with van der Waals surface area (Å²) >= 11 is 0. The Hall–Kier alpha value is -2.29. The molecule has 1 aromatic carbocycles. The summed E-state index contributed by atoms with van der Waals surface area (Å²) in [5.74, 6) is -0.788. The maximum absolute atomic E-state index is 13.0. The molecule has 1 aromatic rings. The van der Waals surface area contributed by atoms with Gasteiger partial charge in [0, 0.05) is 51.3 Å². The Labute approximate surface area is 170 Å². The van der Waals surface area contributed by atoms with Gasteiger partial charge in [-0.2, -0.15) is 0 Å². The topological polar surface area (TPSA) is 105 Å². The first-order chi connectivity index (χ1) is 14.0. The molecule has 0 saturated carbocycles. The van der Waals surface area contributed by atoms with Crippen molar-refractivity contribution in [2.24, 2.45) is 5.73 Å². The third-order valence-corrected chi connectivity index (χ3v) is 6.37. The minimum absolute atomic E-state index is 0.134. The smallest absolute Gasteiger partial charge is 0.255 e. The fraction of sp³-hybridized carbons (Fsp3) is 0.571. The summed E-state index contributed by atoms with van der Waals surface area (Å²) in [5.41, 5.74) is 8.63. The van der Waals surface area contributed by atoms with Crippen molar-refractivity contribution >= 4 is 17.7 Å². The second-order valence-electron chi connectivity index (χ2n) is 8.13. The van der Waals surface area contributed by atoms with Crippen LogP contribution < -0.4 is 11.1 Å². The van der Waals surface area contributed by atoms with Gasteiger partial charge in [-0.25, -0.2) is 0 Å². The van der Waals surface area contributed by atoms with E-state index in [1.54, 1.807) is 12.0 Å². The summed E-state index contributed by atoms with van der Waals surface area (Å²) < 4.78 is 5.49. The first kappa shape index (κ1) is 20.0. The average molecular weight is 400 g/mol. The van der Waals surface area contributed by atoms with E-state index in [2.05, 4.69) is 16.3 Å². The van der Waals surface area contributed by atoms with E-state index in [1.165, 1.54) is 0 Å². The minimum Gasteiger partial charge on any atom is -0.381 e. The Bertz CT molecular complexity index is 827. The zero-order valence-corrected chi connectivity index (χ0v) is 16.7. The first-order valence-corrected chi connectivity index (χ1v) is 10.2. The lowest BCUT2D eigenvalue weighted by molar-refractivity contribution is -0.136. The van der Waals surface area contributed by atoms with Crippen LogP contribution in [0.5, 0.6) is 0 Å². The predicted octanol–water partition coefficient (Wildman–Crippen LogP) is 0.386. The number of likely N-dealkylation sites (tertiary alicyclic amines) is 1. The van der Waals surface area contributed by atoms with E-state index in [-0.39, 0.29) is 36.3 Å². The Kier molecular flexibility index (Phi) is 5.67. The van der Waals surface area contributed by atoms with Crippen LogP contribution in [0.25, 0.3) is 0 Å². The number of nitrogens with zero attached hydrogens (tertiary/aromatic N) is 2. The van der Waals surface area contributed by atoms with Crippen molar-refractivity contribution in [1.82, 2.24) is 15.1 Å². The van der Waals surface area contributed by atoms with Crippen LogP contribution in [0.15, 0.2) is 18.2 Å². The monoisotopic (exact) mass is 400 g/mol. The maximum atomic E-state index is 13.0. The molecule has 4 rings (SSSR count). The number of methoxy groups -OCH3 is 1. The molecule has 0 aromatic heterocycles. The number of ether oxygens (including phenoxy) is 1. The maximum Gasteiger partial charge on any atom is 0.255 e. The number of fused-ring (bicyclic) bond motifs is 1. The number of carbonyl (C=O) groups is 3. The Morgan fingerprint density at radius 1 is 1.24 bits per heavy atom. The number of hydrogen-bond acceptors (Lipinski definition) is 6. The van der Waals surface area contributed by atoms with Gasteiger partial charge in [0.15, 0.2) is 0 Å². The number of amides is 3. The molecule has 8 nitrogen and oxygen atoms in total. The second-order valence-corrected chi connectivity index (χ2v) is 8.13. The van der Waals surface area contributed by atoms with Crippen molar-refractivity contribution in [3.8, 4) is 0 Å². The molecule has 0 radical (unpaired) electrons. The highest BCUT2D eigenvalue weighted by atomic mass is 16.5. The van der Waals surface area contributed by atoms with E-state index in [9.17, 15) is 14.4 Å². The highest BCUT2D eigenvalue weighted by Gasteiger charge is 2.39. The molecule has 0 spiro atoms. The fourth-order valence-electron chi connectivity index (χ4n) is 4.67. The molecule has 0 aliphatic carbocycles. The molecule has 8 heteroatoms. The Balaban J connectivity index is 1.47. The lowest BCUT2D eigenvalue weighted by atomic mass is 9.98. The van der Waals surface area contributed by atoms with E-state index in [0.717, 1.165) is 37.1 Å². The van der Waals surface area contributed by atoms with Gasteiger partial charge in [0.05, 0.1) is 6.10 Å². The van der Waals surface area contributed by atoms with Crippen LogP contribution in [0, 0.1) is 0 Å². The van der Waals surface area contributed by atoms with Gasteiger partial charge in [-0.05, 0) is 36.5 Å². The van der Waals surface area contributed by atoms with Gasteiger partial charge in [0.2, 0.25) is 11.8 Å². The summed E-state index contributed by atoms with van der Waals surface area (Å²) in [6.45, 7) is 2.63. The van der Waals surface area contributed by atoms with E-state index >= 15 is 0 Å². The number of nitrogens with one attached hydrogen (secondary N) is 1. The molecule has 3 aliphatic heterocycles. The number of hydrogen-bond donors (Lipinski definition) is 2. The molecular formula is C21H28N4O4. The van der Waals surface area contributed by atoms with Crippen LogP contribution in [0.1, 0.15) is 47.2 Å². The molecule has 3 heterocycles. The van der Waals surface area contributed by atoms with Gasteiger partial charge in [0.1, 0.15) is 6.04 Å². The van der Waals surface area contributed by atoms with Crippen LogP contribution in [0.4, 0.5) is 0 Å². The second kappa shape index (κ2) is 8.22. The molecule has 2 saturated heterocycles. The minimum atomic E-state index is -0.578. The molecule has 156 valence electrons. The largest absolute Gasteiger partial charge is 0.381 e. The third kappa shape index (κ3) is 3.92. The predicted molar refractivity (Wildman–Crippen MR) is 106 cm³/mol. The first-order valence-electron chi connectivity index (χ1n) is 10.2. The molecule has 29 heavy (non-hydrogen) atoms. The van der Waals surface area contributed by atoms with Crippen molar-refractivity contribution in [3.63, 3.8) is 0 Å². The highest BCUT2D eigenvalue weighted by molar-refractivity contribution is 6.05. The Morgan fingerprint density at radius 3 is 2.79 bits per heavy atom. The van der Waals surface area contributed by atoms with E-state index in [0.29, 0.717) is 25.1 Å². The molecule has 3 atom stereocenters. The Morgan fingerprint density at radius 2 is 2.07 bits per heavy atom. The summed E-state index contributed by atoms with van der Waals surface area (Å²) in [5, 5.41) is 2.34. The standard InChI is InChI=1S/C21H28N4O4/c1-29-16-6-7-24(15(9-16)10-22)11-13-2-3-14-12-25(21(28)17(14)8-13)18-4-5-19(26)23-20(18)27/h2-3,8,15-16,18H,4-7,9-12,22H2,1H3,(H,23,26,27)/t15-,16+,18?/m0/s1.